The van der Waals surface area contributed by atoms with Crippen LogP contribution >= 0.6 is 0 Å². The molecule has 0 saturated carbocycles. The summed E-state index contributed by atoms with van der Waals surface area (Å²) in [6, 6.07) is 8.66. The molecule has 2 aliphatic rings. The Morgan fingerprint density at radius 2 is 1.52 bits per heavy atom. The molecule has 2 N–H and O–H groups in total. The Kier molecular flexibility index (Phi) is 6.11. The first-order valence-electron chi connectivity index (χ1n) is 9.25. The van der Waals surface area contributed by atoms with Gasteiger partial charge in [0.25, 0.3) is 0 Å². The minimum Gasteiger partial charge on any atom is -0.405 e. The normalized spacial score (nSPS) is 19.4. The summed E-state index contributed by atoms with van der Waals surface area (Å²) in [7, 11) is 0. The molecular formula is C25H26N2. The van der Waals surface area contributed by atoms with Crippen molar-refractivity contribution in [1.82, 2.24) is 0 Å². The van der Waals surface area contributed by atoms with E-state index in [1.165, 1.54) is 22.4 Å². The number of anilines is 1. The molecule has 0 saturated heterocycles. The number of hydrogen-bond donors (Lipinski definition) is 1. The van der Waals surface area contributed by atoms with Gasteiger partial charge in [-0.15, -0.1) is 0 Å². The predicted molar refractivity (Wildman–Crippen MR) is 117 cm³/mol. The number of hydrogen-bond acceptors (Lipinski definition) is 2. The average Bonchev–Trinajstić information content (AvgIpc) is 2.70. The van der Waals surface area contributed by atoms with Crippen LogP contribution in [0.25, 0.3) is 0 Å². The predicted octanol–water partition coefficient (Wildman–Crippen LogP) is 6.00. The Bertz CT molecular complexity index is 900. The van der Waals surface area contributed by atoms with Gasteiger partial charge < -0.3 is 10.6 Å². The molecule has 2 aliphatic carbocycles. The van der Waals surface area contributed by atoms with Crippen molar-refractivity contribution in [2.45, 2.75) is 19.8 Å². The van der Waals surface area contributed by atoms with Crippen LogP contribution in [-0.4, -0.2) is 0 Å². The molecule has 2 nitrogen and oxygen atoms in total. The van der Waals surface area contributed by atoms with Crippen LogP contribution in [0, 0.1) is 6.92 Å². The van der Waals surface area contributed by atoms with Crippen LogP contribution in [0.15, 0.2) is 120 Å². The van der Waals surface area contributed by atoms with E-state index in [-0.39, 0.29) is 0 Å². The van der Waals surface area contributed by atoms with Gasteiger partial charge in [0.2, 0.25) is 0 Å². The van der Waals surface area contributed by atoms with Crippen LogP contribution in [0.2, 0.25) is 0 Å². The van der Waals surface area contributed by atoms with Gasteiger partial charge in [-0.3, -0.25) is 0 Å². The second-order valence-corrected chi connectivity index (χ2v) is 6.54. The van der Waals surface area contributed by atoms with Crippen molar-refractivity contribution in [2.75, 3.05) is 4.90 Å². The molecule has 0 bridgehead atoms. The summed E-state index contributed by atoms with van der Waals surface area (Å²) in [4.78, 5) is 2.33. The second-order valence-electron chi connectivity index (χ2n) is 6.54. The fourth-order valence-corrected chi connectivity index (χ4v) is 3.29. The number of benzene rings is 1. The first-order chi connectivity index (χ1) is 13.2. The first-order valence-corrected chi connectivity index (χ1v) is 9.25. The van der Waals surface area contributed by atoms with E-state index >= 15 is 0 Å². The van der Waals surface area contributed by atoms with Crippen molar-refractivity contribution in [3.8, 4) is 0 Å². The Balaban J connectivity index is 2.17. The Morgan fingerprint density at radius 1 is 0.926 bits per heavy atom. The highest BCUT2D eigenvalue weighted by molar-refractivity contribution is 5.69. The van der Waals surface area contributed by atoms with E-state index in [1.807, 2.05) is 12.2 Å². The third kappa shape index (κ3) is 4.29. The highest BCUT2D eigenvalue weighted by Gasteiger charge is 2.23. The van der Waals surface area contributed by atoms with Gasteiger partial charge in [-0.25, -0.2) is 0 Å². The van der Waals surface area contributed by atoms with Crippen LogP contribution in [0.4, 0.5) is 5.69 Å². The largest absolute Gasteiger partial charge is 0.405 e. The van der Waals surface area contributed by atoms with Crippen molar-refractivity contribution < 1.29 is 0 Å². The molecule has 136 valence electrons. The molecule has 0 spiro atoms. The molecule has 0 fully saturated rings. The molecule has 0 aliphatic heterocycles. The van der Waals surface area contributed by atoms with E-state index in [4.69, 9.17) is 5.73 Å². The summed E-state index contributed by atoms with van der Waals surface area (Å²) in [6.45, 7) is 6.01. The van der Waals surface area contributed by atoms with Gasteiger partial charge in [-0.2, -0.15) is 0 Å². The molecule has 0 unspecified atom stereocenters. The number of aryl methyl sites for hydroxylation is 1. The molecule has 0 amide bonds. The van der Waals surface area contributed by atoms with E-state index in [0.717, 1.165) is 24.2 Å². The molecule has 0 atom stereocenters. The van der Waals surface area contributed by atoms with Gasteiger partial charge in [0.15, 0.2) is 0 Å². The maximum absolute atomic E-state index is 5.58. The topological polar surface area (TPSA) is 29.3 Å². The zero-order valence-electron chi connectivity index (χ0n) is 15.8. The van der Waals surface area contributed by atoms with Crippen molar-refractivity contribution >= 4 is 5.69 Å². The summed E-state index contributed by atoms with van der Waals surface area (Å²) >= 11 is 0. The zero-order valence-corrected chi connectivity index (χ0v) is 15.8. The SMILES string of the molecule is C=C/C=C1\CC=CC=C1N(C1=CC=CC/C1=C\C=C/N)c1ccc(C)cc1. The number of nitrogens with two attached hydrogens (primary N) is 1. The number of allylic oxidation sites excluding steroid dienone is 12. The molecule has 27 heavy (non-hydrogen) atoms. The van der Waals surface area contributed by atoms with Gasteiger partial charge in [0.1, 0.15) is 0 Å². The minimum absolute atomic E-state index is 0.877. The lowest BCUT2D eigenvalue weighted by Crippen LogP contribution is -2.25. The lowest BCUT2D eigenvalue weighted by atomic mass is 9.96. The van der Waals surface area contributed by atoms with E-state index in [1.54, 1.807) is 6.20 Å². The van der Waals surface area contributed by atoms with E-state index in [2.05, 4.69) is 91.3 Å². The van der Waals surface area contributed by atoms with E-state index < -0.39 is 0 Å². The van der Waals surface area contributed by atoms with Crippen molar-refractivity contribution in [3.63, 3.8) is 0 Å². The maximum atomic E-state index is 5.58. The van der Waals surface area contributed by atoms with Crippen LogP contribution in [0.3, 0.4) is 0 Å². The Hall–Kier alpha value is -3.26. The molecule has 0 aromatic heterocycles. The lowest BCUT2D eigenvalue weighted by molar-refractivity contribution is 1.01. The van der Waals surface area contributed by atoms with Crippen LogP contribution in [0.1, 0.15) is 18.4 Å². The summed E-state index contributed by atoms with van der Waals surface area (Å²) in [5, 5.41) is 0. The van der Waals surface area contributed by atoms with Gasteiger partial charge in [0.05, 0.1) is 0 Å². The van der Waals surface area contributed by atoms with Crippen molar-refractivity contribution in [1.29, 1.82) is 0 Å². The molecule has 3 rings (SSSR count). The van der Waals surface area contributed by atoms with Crippen LogP contribution in [-0.2, 0) is 0 Å². The van der Waals surface area contributed by atoms with Crippen LogP contribution < -0.4 is 10.6 Å². The fourth-order valence-electron chi connectivity index (χ4n) is 3.29. The Labute approximate surface area is 162 Å². The molecule has 1 aromatic carbocycles. The minimum atomic E-state index is 0.877. The Morgan fingerprint density at radius 3 is 2.07 bits per heavy atom. The number of nitrogens with zero attached hydrogens (tertiary/aromatic N) is 1. The summed E-state index contributed by atoms with van der Waals surface area (Å²) in [5.74, 6) is 0. The van der Waals surface area contributed by atoms with Gasteiger partial charge in [-0.05, 0) is 67.5 Å². The average molecular weight is 354 g/mol. The highest BCUT2D eigenvalue weighted by Crippen LogP contribution is 2.36. The van der Waals surface area contributed by atoms with E-state index in [9.17, 15) is 0 Å². The molecule has 1 aromatic rings. The maximum Gasteiger partial charge on any atom is 0.0496 e. The standard InChI is InChI=1S/C25H26N2/c1-3-9-21-10-4-6-13-24(21)27(23-17-15-20(2)16-18-23)25-14-7-5-11-22(25)12-8-19-26/h3-9,12-19H,1,10-11,26H2,2H3/b19-8-,21-9+,22-12+. The molecule has 0 heterocycles. The van der Waals surface area contributed by atoms with Crippen molar-refractivity contribution in [2.24, 2.45) is 5.73 Å². The molecule has 2 heteroatoms. The fraction of sp³-hybridized carbons (Fsp3) is 0.120. The van der Waals surface area contributed by atoms with Crippen LogP contribution in [0.5, 0.6) is 0 Å². The number of rotatable bonds is 5. The summed E-state index contributed by atoms with van der Waals surface area (Å²) in [5.41, 5.74) is 12.8. The first kappa shape index (κ1) is 18.5. The molecule has 0 radical (unpaired) electrons. The zero-order chi connectivity index (χ0) is 19.1. The highest BCUT2D eigenvalue weighted by atomic mass is 15.2. The smallest absolute Gasteiger partial charge is 0.0496 e. The third-order valence-corrected chi connectivity index (χ3v) is 4.62. The van der Waals surface area contributed by atoms with Gasteiger partial charge >= 0.3 is 0 Å². The third-order valence-electron chi connectivity index (χ3n) is 4.62. The lowest BCUT2D eigenvalue weighted by Gasteiger charge is -2.34. The van der Waals surface area contributed by atoms with Crippen molar-refractivity contribution in [3.05, 3.63) is 126 Å². The van der Waals surface area contributed by atoms with Gasteiger partial charge in [0, 0.05) is 17.1 Å². The quantitative estimate of drug-likeness (QED) is 0.702. The monoisotopic (exact) mass is 354 g/mol. The summed E-state index contributed by atoms with van der Waals surface area (Å²) in [6.07, 6.45) is 24.2. The van der Waals surface area contributed by atoms with E-state index in [0.29, 0.717) is 0 Å². The second kappa shape index (κ2) is 8.91. The molecular weight excluding hydrogens is 328 g/mol. The van der Waals surface area contributed by atoms with Gasteiger partial charge in [-0.1, -0.05) is 66.8 Å². The summed E-state index contributed by atoms with van der Waals surface area (Å²) < 4.78 is 0.